The average Bonchev–Trinajstić information content (AvgIpc) is 2.96. The Bertz CT molecular complexity index is 943. The molecule has 1 saturated heterocycles. The number of likely N-dealkylation sites (N-methyl/N-ethyl adjacent to an activating group) is 1. The molecular weight excluding hydrogens is 392 g/mol. The summed E-state index contributed by atoms with van der Waals surface area (Å²) in [5.74, 6) is -0.899. The third kappa shape index (κ3) is 5.04. The van der Waals surface area contributed by atoms with Gasteiger partial charge in [-0.1, -0.05) is 42.5 Å². The van der Waals surface area contributed by atoms with Crippen LogP contribution in [0, 0.1) is 0 Å². The van der Waals surface area contributed by atoms with Crippen LogP contribution in [0.5, 0.6) is 5.75 Å². The lowest BCUT2D eigenvalue weighted by Gasteiger charge is -2.23. The number of aliphatic hydroxyl groups excluding tert-OH is 1. The molecule has 29 heavy (non-hydrogen) atoms. The number of carbonyl (C=O) groups excluding carboxylic acids is 3. The SMILES string of the molecule is CN(C[C@H](O)c1ccc(O)cc1)C(=O)CN1C(=O)S/C(=C\c2ccccc2)C1=O. The third-order valence-corrected chi connectivity index (χ3v) is 5.32. The molecule has 1 atom stereocenters. The second-order valence-electron chi connectivity index (χ2n) is 6.56. The van der Waals surface area contributed by atoms with Crippen molar-refractivity contribution in [2.75, 3.05) is 20.1 Å². The molecule has 2 N–H and O–H groups in total. The van der Waals surface area contributed by atoms with E-state index in [2.05, 4.69) is 0 Å². The Morgan fingerprint density at radius 3 is 2.45 bits per heavy atom. The van der Waals surface area contributed by atoms with Crippen molar-refractivity contribution in [3.05, 3.63) is 70.6 Å². The van der Waals surface area contributed by atoms with Gasteiger partial charge in [0.15, 0.2) is 0 Å². The lowest BCUT2D eigenvalue weighted by molar-refractivity contribution is -0.135. The first kappa shape index (κ1) is 20.6. The van der Waals surface area contributed by atoms with E-state index in [4.69, 9.17) is 0 Å². The van der Waals surface area contributed by atoms with E-state index in [-0.39, 0.29) is 17.2 Å². The van der Waals surface area contributed by atoms with E-state index < -0.39 is 29.7 Å². The molecule has 2 aromatic carbocycles. The highest BCUT2D eigenvalue weighted by Gasteiger charge is 2.36. The second kappa shape index (κ2) is 8.93. The largest absolute Gasteiger partial charge is 0.508 e. The predicted molar refractivity (Wildman–Crippen MR) is 110 cm³/mol. The van der Waals surface area contributed by atoms with E-state index in [9.17, 15) is 24.6 Å². The van der Waals surface area contributed by atoms with Crippen molar-refractivity contribution < 1.29 is 24.6 Å². The Hall–Kier alpha value is -3.10. The summed E-state index contributed by atoms with van der Waals surface area (Å²) in [5, 5.41) is 19.1. The molecule has 0 radical (unpaired) electrons. The van der Waals surface area contributed by atoms with E-state index in [1.807, 2.05) is 30.3 Å². The van der Waals surface area contributed by atoms with Gasteiger partial charge in [-0.25, -0.2) is 0 Å². The fourth-order valence-electron chi connectivity index (χ4n) is 2.76. The number of phenolic OH excluding ortho intramolecular Hbond substituents is 1. The Kier molecular flexibility index (Phi) is 6.36. The number of hydrogen-bond donors (Lipinski definition) is 2. The Labute approximate surface area is 172 Å². The molecule has 0 unspecified atom stereocenters. The second-order valence-corrected chi connectivity index (χ2v) is 7.55. The van der Waals surface area contributed by atoms with Crippen LogP contribution in [0.4, 0.5) is 4.79 Å². The van der Waals surface area contributed by atoms with Gasteiger partial charge in [-0.15, -0.1) is 0 Å². The van der Waals surface area contributed by atoms with E-state index in [1.165, 1.54) is 24.1 Å². The van der Waals surface area contributed by atoms with Crippen LogP contribution in [0.2, 0.25) is 0 Å². The lowest BCUT2D eigenvalue weighted by atomic mass is 10.1. The van der Waals surface area contributed by atoms with Crippen LogP contribution in [-0.2, 0) is 9.59 Å². The van der Waals surface area contributed by atoms with E-state index in [1.54, 1.807) is 18.2 Å². The summed E-state index contributed by atoms with van der Waals surface area (Å²) in [7, 11) is 1.49. The number of benzene rings is 2. The maximum atomic E-state index is 12.5. The number of rotatable bonds is 6. The number of aliphatic hydroxyl groups is 1. The highest BCUT2D eigenvalue weighted by Crippen LogP contribution is 2.32. The number of phenols is 1. The van der Waals surface area contributed by atoms with Gasteiger partial charge in [-0.2, -0.15) is 0 Å². The number of carbonyl (C=O) groups is 3. The molecule has 3 rings (SSSR count). The number of thioether (sulfide) groups is 1. The molecule has 0 aliphatic carbocycles. The molecule has 0 aromatic heterocycles. The van der Waals surface area contributed by atoms with Gasteiger partial charge in [0.05, 0.1) is 17.6 Å². The van der Waals surface area contributed by atoms with Gasteiger partial charge >= 0.3 is 0 Å². The summed E-state index contributed by atoms with van der Waals surface area (Å²) in [6.45, 7) is -0.407. The molecule has 1 heterocycles. The highest BCUT2D eigenvalue weighted by molar-refractivity contribution is 8.18. The lowest BCUT2D eigenvalue weighted by Crippen LogP contribution is -2.41. The van der Waals surface area contributed by atoms with Crippen molar-refractivity contribution >= 4 is 34.9 Å². The zero-order valence-corrected chi connectivity index (χ0v) is 16.5. The fourth-order valence-corrected chi connectivity index (χ4v) is 3.59. The van der Waals surface area contributed by atoms with Crippen molar-refractivity contribution in [1.29, 1.82) is 0 Å². The van der Waals surface area contributed by atoms with Crippen molar-refractivity contribution in [2.45, 2.75) is 6.10 Å². The molecule has 150 valence electrons. The number of nitrogens with zero attached hydrogens (tertiary/aromatic N) is 2. The predicted octanol–water partition coefficient (Wildman–Crippen LogP) is 2.62. The smallest absolute Gasteiger partial charge is 0.294 e. The Morgan fingerprint density at radius 2 is 1.79 bits per heavy atom. The van der Waals surface area contributed by atoms with Crippen molar-refractivity contribution in [2.24, 2.45) is 0 Å². The quantitative estimate of drug-likeness (QED) is 0.708. The summed E-state index contributed by atoms with van der Waals surface area (Å²) >= 11 is 0.797. The summed E-state index contributed by atoms with van der Waals surface area (Å²) < 4.78 is 0. The molecule has 2 aromatic rings. The topological polar surface area (TPSA) is 98.2 Å². The monoisotopic (exact) mass is 412 g/mol. The summed E-state index contributed by atoms with van der Waals surface area (Å²) in [6, 6.07) is 15.1. The minimum Gasteiger partial charge on any atom is -0.508 e. The molecule has 1 aliphatic heterocycles. The molecule has 7 nitrogen and oxygen atoms in total. The number of imide groups is 1. The van der Waals surface area contributed by atoms with Gasteiger partial charge in [0, 0.05) is 7.05 Å². The van der Waals surface area contributed by atoms with Gasteiger partial charge in [0.2, 0.25) is 5.91 Å². The normalized spacial score (nSPS) is 16.3. The first-order valence-corrected chi connectivity index (χ1v) is 9.68. The number of amides is 3. The van der Waals surface area contributed by atoms with E-state index in [0.717, 1.165) is 22.2 Å². The molecule has 0 spiro atoms. The summed E-state index contributed by atoms with van der Waals surface area (Å²) in [6.07, 6.45) is 0.658. The first-order chi connectivity index (χ1) is 13.8. The standard InChI is InChI=1S/C21H20N2O5S/c1-22(12-17(25)15-7-9-16(24)10-8-15)19(26)13-23-20(27)18(29-21(23)28)11-14-5-3-2-4-6-14/h2-11,17,24-25H,12-13H2,1H3/b18-11-/t17-/m0/s1. The maximum absolute atomic E-state index is 12.5. The molecule has 0 bridgehead atoms. The van der Waals surface area contributed by atoms with E-state index >= 15 is 0 Å². The average molecular weight is 412 g/mol. The summed E-state index contributed by atoms with van der Waals surface area (Å²) in [5.41, 5.74) is 1.33. The molecule has 3 amide bonds. The third-order valence-electron chi connectivity index (χ3n) is 4.41. The van der Waals surface area contributed by atoms with Crippen LogP contribution in [0.1, 0.15) is 17.2 Å². The minimum atomic E-state index is -0.961. The van der Waals surface area contributed by atoms with Gasteiger partial charge in [-0.05, 0) is 41.1 Å². The molecule has 1 fully saturated rings. The van der Waals surface area contributed by atoms with Crippen LogP contribution in [0.15, 0.2) is 59.5 Å². The van der Waals surface area contributed by atoms with Gasteiger partial charge < -0.3 is 15.1 Å². The van der Waals surface area contributed by atoms with Gasteiger partial charge in [-0.3, -0.25) is 19.3 Å². The number of aromatic hydroxyl groups is 1. The molecule has 8 heteroatoms. The Balaban J connectivity index is 1.62. The van der Waals surface area contributed by atoms with Crippen LogP contribution < -0.4 is 0 Å². The van der Waals surface area contributed by atoms with Crippen LogP contribution in [-0.4, -0.2) is 57.2 Å². The van der Waals surface area contributed by atoms with Gasteiger partial charge in [0.25, 0.3) is 11.1 Å². The van der Waals surface area contributed by atoms with Crippen LogP contribution >= 0.6 is 11.8 Å². The Morgan fingerprint density at radius 1 is 1.14 bits per heavy atom. The van der Waals surface area contributed by atoms with Crippen molar-refractivity contribution in [1.82, 2.24) is 9.80 Å². The molecule has 0 saturated carbocycles. The zero-order chi connectivity index (χ0) is 21.0. The summed E-state index contributed by atoms with van der Waals surface area (Å²) in [4.78, 5) is 39.6. The van der Waals surface area contributed by atoms with Crippen molar-refractivity contribution in [3.8, 4) is 5.75 Å². The number of hydrogen-bond acceptors (Lipinski definition) is 6. The highest BCUT2D eigenvalue weighted by atomic mass is 32.2. The fraction of sp³-hybridized carbons (Fsp3) is 0.190. The zero-order valence-electron chi connectivity index (χ0n) is 15.7. The van der Waals surface area contributed by atoms with Crippen molar-refractivity contribution in [3.63, 3.8) is 0 Å². The van der Waals surface area contributed by atoms with Crippen LogP contribution in [0.25, 0.3) is 6.08 Å². The molecule has 1 aliphatic rings. The maximum Gasteiger partial charge on any atom is 0.294 e. The minimum absolute atomic E-state index is 0.0142. The molecular formula is C21H20N2O5S. The van der Waals surface area contributed by atoms with Gasteiger partial charge in [0.1, 0.15) is 12.3 Å². The van der Waals surface area contributed by atoms with Crippen LogP contribution in [0.3, 0.4) is 0 Å². The van der Waals surface area contributed by atoms with E-state index in [0.29, 0.717) is 5.56 Å². The first-order valence-electron chi connectivity index (χ1n) is 8.86.